The number of benzene rings is 1. The lowest BCUT2D eigenvalue weighted by Crippen LogP contribution is -1.92. The SMILES string of the molecule is CNc1cc(Oc2ccc(Br)c(C)c2)ccn1. The zero-order chi connectivity index (χ0) is 12.3. The number of anilines is 1. The van der Waals surface area contributed by atoms with Crippen molar-refractivity contribution < 1.29 is 4.74 Å². The van der Waals surface area contributed by atoms with Crippen LogP contribution in [0.1, 0.15) is 5.56 Å². The third-order valence-electron chi connectivity index (χ3n) is 2.35. The summed E-state index contributed by atoms with van der Waals surface area (Å²) in [6.07, 6.45) is 1.72. The molecule has 0 aliphatic carbocycles. The fourth-order valence-corrected chi connectivity index (χ4v) is 1.67. The maximum atomic E-state index is 5.76. The van der Waals surface area contributed by atoms with Gasteiger partial charge in [0.1, 0.15) is 17.3 Å². The van der Waals surface area contributed by atoms with Gasteiger partial charge in [-0.3, -0.25) is 0 Å². The van der Waals surface area contributed by atoms with Gasteiger partial charge in [0.25, 0.3) is 0 Å². The van der Waals surface area contributed by atoms with E-state index in [2.05, 4.69) is 26.2 Å². The molecule has 0 aliphatic rings. The first-order chi connectivity index (χ1) is 8.19. The van der Waals surface area contributed by atoms with Crippen LogP contribution in [0.4, 0.5) is 5.82 Å². The summed E-state index contributed by atoms with van der Waals surface area (Å²) in [7, 11) is 1.83. The molecule has 0 atom stereocenters. The minimum atomic E-state index is 0.770. The largest absolute Gasteiger partial charge is 0.457 e. The Bertz CT molecular complexity index is 529. The Morgan fingerprint density at radius 3 is 2.65 bits per heavy atom. The summed E-state index contributed by atoms with van der Waals surface area (Å²) in [5.41, 5.74) is 1.14. The van der Waals surface area contributed by atoms with E-state index < -0.39 is 0 Å². The second-order valence-corrected chi connectivity index (χ2v) is 4.49. The van der Waals surface area contributed by atoms with Gasteiger partial charge in [0, 0.05) is 23.8 Å². The van der Waals surface area contributed by atoms with Crippen molar-refractivity contribution in [1.82, 2.24) is 4.98 Å². The Hall–Kier alpha value is -1.55. The van der Waals surface area contributed by atoms with Gasteiger partial charge in [-0.1, -0.05) is 15.9 Å². The molecule has 1 heterocycles. The van der Waals surface area contributed by atoms with Crippen molar-refractivity contribution in [2.45, 2.75) is 6.92 Å². The van der Waals surface area contributed by atoms with Crippen LogP contribution in [-0.2, 0) is 0 Å². The van der Waals surface area contributed by atoms with Gasteiger partial charge >= 0.3 is 0 Å². The van der Waals surface area contributed by atoms with Crippen LogP contribution in [0, 0.1) is 6.92 Å². The molecule has 88 valence electrons. The lowest BCUT2D eigenvalue weighted by molar-refractivity contribution is 0.482. The van der Waals surface area contributed by atoms with Crippen LogP contribution in [0.5, 0.6) is 11.5 Å². The van der Waals surface area contributed by atoms with Crippen LogP contribution in [0.15, 0.2) is 41.0 Å². The number of pyridine rings is 1. The second-order valence-electron chi connectivity index (χ2n) is 3.64. The van der Waals surface area contributed by atoms with E-state index in [4.69, 9.17) is 4.74 Å². The van der Waals surface area contributed by atoms with Gasteiger partial charge in [0.15, 0.2) is 0 Å². The van der Waals surface area contributed by atoms with E-state index in [9.17, 15) is 0 Å². The molecule has 2 aromatic rings. The molecule has 1 aromatic heterocycles. The highest BCUT2D eigenvalue weighted by Crippen LogP contribution is 2.26. The summed E-state index contributed by atoms with van der Waals surface area (Å²) >= 11 is 3.46. The van der Waals surface area contributed by atoms with Gasteiger partial charge in [0.2, 0.25) is 0 Å². The van der Waals surface area contributed by atoms with Gasteiger partial charge in [0.05, 0.1) is 0 Å². The maximum Gasteiger partial charge on any atom is 0.132 e. The van der Waals surface area contributed by atoms with Crippen LogP contribution < -0.4 is 10.1 Å². The number of halogens is 1. The number of aromatic nitrogens is 1. The molecule has 0 bridgehead atoms. The van der Waals surface area contributed by atoms with Crippen molar-refractivity contribution in [1.29, 1.82) is 0 Å². The van der Waals surface area contributed by atoms with Crippen molar-refractivity contribution in [3.05, 3.63) is 46.6 Å². The normalized spacial score (nSPS) is 10.1. The van der Waals surface area contributed by atoms with E-state index in [1.807, 2.05) is 44.3 Å². The summed E-state index contributed by atoms with van der Waals surface area (Å²) in [5.74, 6) is 2.38. The Morgan fingerprint density at radius 2 is 1.94 bits per heavy atom. The molecule has 0 unspecified atom stereocenters. The Kier molecular flexibility index (Phi) is 3.64. The predicted molar refractivity (Wildman–Crippen MR) is 72.7 cm³/mol. The van der Waals surface area contributed by atoms with E-state index in [-0.39, 0.29) is 0 Å². The minimum absolute atomic E-state index is 0.770. The van der Waals surface area contributed by atoms with E-state index >= 15 is 0 Å². The number of rotatable bonds is 3. The van der Waals surface area contributed by atoms with Crippen molar-refractivity contribution >= 4 is 21.7 Å². The molecule has 0 aliphatic heterocycles. The van der Waals surface area contributed by atoms with E-state index in [1.54, 1.807) is 6.20 Å². The second kappa shape index (κ2) is 5.19. The molecule has 0 saturated carbocycles. The highest BCUT2D eigenvalue weighted by atomic mass is 79.9. The molecule has 0 fully saturated rings. The molecule has 1 aromatic carbocycles. The average Bonchev–Trinajstić information content (AvgIpc) is 2.34. The van der Waals surface area contributed by atoms with Crippen molar-refractivity contribution in [3.8, 4) is 11.5 Å². The lowest BCUT2D eigenvalue weighted by Gasteiger charge is -2.08. The molecule has 0 saturated heterocycles. The van der Waals surface area contributed by atoms with Crippen molar-refractivity contribution in [3.63, 3.8) is 0 Å². The van der Waals surface area contributed by atoms with Crippen molar-refractivity contribution in [2.75, 3.05) is 12.4 Å². The molecule has 3 nitrogen and oxygen atoms in total. The quantitative estimate of drug-likeness (QED) is 0.929. The summed E-state index contributed by atoms with van der Waals surface area (Å²) in [6.45, 7) is 2.03. The maximum absolute atomic E-state index is 5.76. The molecule has 0 amide bonds. The smallest absolute Gasteiger partial charge is 0.132 e. The van der Waals surface area contributed by atoms with Gasteiger partial charge in [-0.15, -0.1) is 0 Å². The zero-order valence-electron chi connectivity index (χ0n) is 9.70. The summed E-state index contributed by atoms with van der Waals surface area (Å²) in [5, 5.41) is 2.98. The highest BCUT2D eigenvalue weighted by Gasteiger charge is 2.01. The molecular weight excluding hydrogens is 280 g/mol. The van der Waals surface area contributed by atoms with Gasteiger partial charge in [-0.05, 0) is 36.8 Å². The van der Waals surface area contributed by atoms with Gasteiger partial charge in [-0.2, -0.15) is 0 Å². The monoisotopic (exact) mass is 292 g/mol. The number of aryl methyl sites for hydroxylation is 1. The van der Waals surface area contributed by atoms with Crippen LogP contribution >= 0.6 is 15.9 Å². The van der Waals surface area contributed by atoms with Crippen LogP contribution in [0.25, 0.3) is 0 Å². The molecule has 17 heavy (non-hydrogen) atoms. The standard InChI is InChI=1S/C13H13BrN2O/c1-9-7-10(3-4-12(9)14)17-11-5-6-16-13(8-11)15-2/h3-8H,1-2H3,(H,15,16). The molecular formula is C13H13BrN2O. The number of hydrogen-bond acceptors (Lipinski definition) is 3. The first-order valence-electron chi connectivity index (χ1n) is 5.27. The van der Waals surface area contributed by atoms with E-state index in [1.165, 1.54) is 0 Å². The van der Waals surface area contributed by atoms with Gasteiger partial charge in [-0.25, -0.2) is 4.98 Å². The number of nitrogens with one attached hydrogen (secondary N) is 1. The number of ether oxygens (including phenoxy) is 1. The van der Waals surface area contributed by atoms with Crippen molar-refractivity contribution in [2.24, 2.45) is 0 Å². The first-order valence-corrected chi connectivity index (χ1v) is 6.06. The third kappa shape index (κ3) is 2.97. The topological polar surface area (TPSA) is 34.1 Å². The molecule has 0 radical (unpaired) electrons. The molecule has 4 heteroatoms. The summed E-state index contributed by atoms with van der Waals surface area (Å²) in [6, 6.07) is 9.58. The number of nitrogens with zero attached hydrogens (tertiary/aromatic N) is 1. The fourth-order valence-electron chi connectivity index (χ4n) is 1.43. The fraction of sp³-hybridized carbons (Fsp3) is 0.154. The highest BCUT2D eigenvalue weighted by molar-refractivity contribution is 9.10. The Morgan fingerprint density at radius 1 is 1.18 bits per heavy atom. The first kappa shape index (κ1) is 11.9. The van der Waals surface area contributed by atoms with E-state index in [0.29, 0.717) is 0 Å². The minimum Gasteiger partial charge on any atom is -0.457 e. The summed E-state index contributed by atoms with van der Waals surface area (Å²) in [4.78, 5) is 4.13. The molecule has 0 spiro atoms. The Labute approximate surface area is 109 Å². The zero-order valence-corrected chi connectivity index (χ0v) is 11.3. The predicted octanol–water partition coefficient (Wildman–Crippen LogP) is 3.99. The third-order valence-corrected chi connectivity index (χ3v) is 3.24. The van der Waals surface area contributed by atoms with Crippen LogP contribution in [-0.4, -0.2) is 12.0 Å². The van der Waals surface area contributed by atoms with Gasteiger partial charge < -0.3 is 10.1 Å². The molecule has 2 rings (SSSR count). The molecule has 1 N–H and O–H groups in total. The van der Waals surface area contributed by atoms with Crippen LogP contribution in [0.3, 0.4) is 0 Å². The summed E-state index contributed by atoms with van der Waals surface area (Å²) < 4.78 is 6.83. The van der Waals surface area contributed by atoms with Crippen LogP contribution in [0.2, 0.25) is 0 Å². The Balaban J connectivity index is 2.22. The lowest BCUT2D eigenvalue weighted by atomic mass is 10.2. The number of hydrogen-bond donors (Lipinski definition) is 1. The average molecular weight is 293 g/mol. The van der Waals surface area contributed by atoms with E-state index in [0.717, 1.165) is 27.4 Å².